The number of aryl methyl sites for hydroxylation is 1. The fraction of sp³-hybridized carbons (Fsp3) is 0.471. The molecule has 0 atom stereocenters. The fourth-order valence-electron chi connectivity index (χ4n) is 2.33. The molecule has 114 valence electrons. The summed E-state index contributed by atoms with van der Waals surface area (Å²) in [6.07, 6.45) is 2.07. The van der Waals surface area contributed by atoms with E-state index >= 15 is 0 Å². The highest BCUT2D eigenvalue weighted by Gasteiger charge is 2.10. The number of benzene rings is 1. The van der Waals surface area contributed by atoms with Gasteiger partial charge in [0.05, 0.1) is 12.3 Å². The molecule has 0 amide bonds. The summed E-state index contributed by atoms with van der Waals surface area (Å²) in [5.41, 5.74) is 4.79. The normalized spacial score (nSPS) is 11.3. The fourth-order valence-corrected chi connectivity index (χ4v) is 2.33. The number of nitrogens with zero attached hydrogens (tertiary/aromatic N) is 2. The highest BCUT2D eigenvalue weighted by atomic mass is 16.5. The monoisotopic (exact) mass is 287 g/mol. The highest BCUT2D eigenvalue weighted by Crippen LogP contribution is 2.24. The molecule has 21 heavy (non-hydrogen) atoms. The number of ether oxygens (including phenoxy) is 1. The standard InChI is InChI=1S/C17H25N3O/c1-13(2)14-5-7-15(8-6-14)17-16(12-20(3)19-17)11-18-9-10-21-4/h5-8,12-13,18H,9-11H2,1-4H3. The molecule has 0 saturated carbocycles. The molecule has 0 aliphatic carbocycles. The van der Waals surface area contributed by atoms with Crippen molar-refractivity contribution < 1.29 is 4.74 Å². The molecule has 2 rings (SSSR count). The first-order valence-corrected chi connectivity index (χ1v) is 7.44. The maximum absolute atomic E-state index is 5.05. The first-order valence-electron chi connectivity index (χ1n) is 7.44. The summed E-state index contributed by atoms with van der Waals surface area (Å²) in [7, 11) is 3.68. The summed E-state index contributed by atoms with van der Waals surface area (Å²) in [4.78, 5) is 0. The van der Waals surface area contributed by atoms with Crippen molar-refractivity contribution in [1.29, 1.82) is 0 Å². The predicted octanol–water partition coefficient (Wildman–Crippen LogP) is 2.95. The number of aromatic nitrogens is 2. The van der Waals surface area contributed by atoms with E-state index in [1.54, 1.807) is 7.11 Å². The van der Waals surface area contributed by atoms with Gasteiger partial charge >= 0.3 is 0 Å². The van der Waals surface area contributed by atoms with Crippen molar-refractivity contribution in [3.63, 3.8) is 0 Å². The van der Waals surface area contributed by atoms with Crippen molar-refractivity contribution in [3.05, 3.63) is 41.6 Å². The highest BCUT2D eigenvalue weighted by molar-refractivity contribution is 5.63. The van der Waals surface area contributed by atoms with Crippen LogP contribution in [-0.2, 0) is 18.3 Å². The quantitative estimate of drug-likeness (QED) is 0.796. The van der Waals surface area contributed by atoms with E-state index in [0.29, 0.717) is 5.92 Å². The smallest absolute Gasteiger partial charge is 0.0967 e. The molecular formula is C17H25N3O. The molecule has 1 heterocycles. The van der Waals surface area contributed by atoms with E-state index < -0.39 is 0 Å². The molecule has 0 aliphatic rings. The number of rotatable bonds is 7. The lowest BCUT2D eigenvalue weighted by Crippen LogP contribution is -2.18. The number of nitrogens with one attached hydrogen (secondary N) is 1. The van der Waals surface area contributed by atoms with Crippen LogP contribution >= 0.6 is 0 Å². The molecule has 1 N–H and O–H groups in total. The molecule has 0 fully saturated rings. The van der Waals surface area contributed by atoms with Crippen molar-refractivity contribution in [1.82, 2.24) is 15.1 Å². The van der Waals surface area contributed by atoms with Gasteiger partial charge in [-0.15, -0.1) is 0 Å². The minimum absolute atomic E-state index is 0.554. The van der Waals surface area contributed by atoms with Gasteiger partial charge in [0.1, 0.15) is 0 Å². The summed E-state index contributed by atoms with van der Waals surface area (Å²) in [6.45, 7) is 6.79. The largest absolute Gasteiger partial charge is 0.383 e. The van der Waals surface area contributed by atoms with Crippen LogP contribution in [0.4, 0.5) is 0 Å². The van der Waals surface area contributed by atoms with E-state index in [2.05, 4.69) is 54.7 Å². The lowest BCUT2D eigenvalue weighted by atomic mass is 10.00. The van der Waals surface area contributed by atoms with Crippen molar-refractivity contribution in [2.24, 2.45) is 7.05 Å². The maximum Gasteiger partial charge on any atom is 0.0967 e. The van der Waals surface area contributed by atoms with Crippen LogP contribution in [0.5, 0.6) is 0 Å². The molecule has 0 aliphatic heterocycles. The van der Waals surface area contributed by atoms with Gasteiger partial charge in [-0.3, -0.25) is 4.68 Å². The zero-order valence-corrected chi connectivity index (χ0v) is 13.4. The molecule has 1 aromatic heterocycles. The minimum atomic E-state index is 0.554. The van der Waals surface area contributed by atoms with Gasteiger partial charge in [-0.05, 0) is 11.5 Å². The Morgan fingerprint density at radius 1 is 1.24 bits per heavy atom. The van der Waals surface area contributed by atoms with Gasteiger partial charge in [0.2, 0.25) is 0 Å². The van der Waals surface area contributed by atoms with Crippen molar-refractivity contribution in [2.45, 2.75) is 26.3 Å². The van der Waals surface area contributed by atoms with Crippen LogP contribution in [0.15, 0.2) is 30.5 Å². The zero-order chi connectivity index (χ0) is 15.2. The number of hydrogen-bond donors (Lipinski definition) is 1. The summed E-state index contributed by atoms with van der Waals surface area (Å²) >= 11 is 0. The average Bonchev–Trinajstić information content (AvgIpc) is 2.85. The van der Waals surface area contributed by atoms with Crippen LogP contribution in [-0.4, -0.2) is 30.0 Å². The van der Waals surface area contributed by atoms with Crippen LogP contribution in [0.1, 0.15) is 30.9 Å². The Morgan fingerprint density at radius 2 is 1.95 bits per heavy atom. The summed E-state index contributed by atoms with van der Waals surface area (Å²) in [6, 6.07) is 8.71. The molecule has 1 aromatic carbocycles. The van der Waals surface area contributed by atoms with Gasteiger partial charge in [0.15, 0.2) is 0 Å². The molecular weight excluding hydrogens is 262 g/mol. The Labute approximate surface area is 127 Å². The second-order valence-electron chi connectivity index (χ2n) is 5.62. The first-order chi connectivity index (χ1) is 10.1. The molecule has 0 radical (unpaired) electrons. The van der Waals surface area contributed by atoms with Gasteiger partial charge in [-0.1, -0.05) is 38.1 Å². The molecule has 0 spiro atoms. The third-order valence-electron chi connectivity index (χ3n) is 3.55. The van der Waals surface area contributed by atoms with Gasteiger partial charge in [-0.25, -0.2) is 0 Å². The molecule has 4 nitrogen and oxygen atoms in total. The van der Waals surface area contributed by atoms with Crippen molar-refractivity contribution in [2.75, 3.05) is 20.3 Å². The van der Waals surface area contributed by atoms with Gasteiger partial charge in [0, 0.05) is 44.6 Å². The molecule has 2 aromatic rings. The van der Waals surface area contributed by atoms with E-state index in [9.17, 15) is 0 Å². The topological polar surface area (TPSA) is 39.1 Å². The molecule has 0 saturated heterocycles. The van der Waals surface area contributed by atoms with E-state index in [1.165, 1.54) is 16.7 Å². The van der Waals surface area contributed by atoms with E-state index in [4.69, 9.17) is 4.74 Å². The van der Waals surface area contributed by atoms with Crippen LogP contribution in [0.25, 0.3) is 11.3 Å². The predicted molar refractivity (Wildman–Crippen MR) is 86.3 cm³/mol. The summed E-state index contributed by atoms with van der Waals surface area (Å²) < 4.78 is 6.93. The molecule has 4 heteroatoms. The second-order valence-corrected chi connectivity index (χ2v) is 5.62. The van der Waals surface area contributed by atoms with Gasteiger partial charge < -0.3 is 10.1 Å². The van der Waals surface area contributed by atoms with Gasteiger partial charge in [-0.2, -0.15) is 5.10 Å². The van der Waals surface area contributed by atoms with E-state index in [1.807, 2.05) is 11.7 Å². The first kappa shape index (κ1) is 15.7. The molecule has 0 unspecified atom stereocenters. The van der Waals surface area contributed by atoms with Crippen LogP contribution in [0.2, 0.25) is 0 Å². The third kappa shape index (κ3) is 4.16. The van der Waals surface area contributed by atoms with Crippen molar-refractivity contribution >= 4 is 0 Å². The Bertz CT molecular complexity index is 558. The molecule has 0 bridgehead atoms. The van der Waals surface area contributed by atoms with E-state index in [0.717, 1.165) is 25.4 Å². The van der Waals surface area contributed by atoms with E-state index in [-0.39, 0.29) is 0 Å². The SMILES string of the molecule is COCCNCc1cn(C)nc1-c1ccc(C(C)C)cc1. The van der Waals surface area contributed by atoms with Crippen LogP contribution in [0, 0.1) is 0 Å². The summed E-state index contributed by atoms with van der Waals surface area (Å²) in [5, 5.41) is 7.98. The lowest BCUT2D eigenvalue weighted by Gasteiger charge is -2.07. The minimum Gasteiger partial charge on any atom is -0.383 e. The third-order valence-corrected chi connectivity index (χ3v) is 3.55. The average molecular weight is 287 g/mol. The Kier molecular flexibility index (Phi) is 5.53. The zero-order valence-electron chi connectivity index (χ0n) is 13.4. The summed E-state index contributed by atoms with van der Waals surface area (Å²) in [5.74, 6) is 0.554. The van der Waals surface area contributed by atoms with Crippen LogP contribution < -0.4 is 5.32 Å². The van der Waals surface area contributed by atoms with Crippen LogP contribution in [0.3, 0.4) is 0 Å². The maximum atomic E-state index is 5.05. The lowest BCUT2D eigenvalue weighted by molar-refractivity contribution is 0.199. The second kappa shape index (κ2) is 7.38. The Morgan fingerprint density at radius 3 is 2.57 bits per heavy atom. The Balaban J connectivity index is 2.14. The number of hydrogen-bond acceptors (Lipinski definition) is 3. The number of methoxy groups -OCH3 is 1. The van der Waals surface area contributed by atoms with Gasteiger partial charge in [0.25, 0.3) is 0 Å². The van der Waals surface area contributed by atoms with Crippen molar-refractivity contribution in [3.8, 4) is 11.3 Å². The Hall–Kier alpha value is -1.65.